The monoisotopic (exact) mass is 215 g/mol. The van der Waals surface area contributed by atoms with Crippen molar-refractivity contribution in [2.75, 3.05) is 13.2 Å². The predicted molar refractivity (Wildman–Crippen MR) is 61.7 cm³/mol. The molecule has 1 fully saturated rings. The van der Waals surface area contributed by atoms with E-state index in [0.717, 1.165) is 19.3 Å². The summed E-state index contributed by atoms with van der Waals surface area (Å²) in [6.45, 7) is 2.75. The lowest BCUT2D eigenvalue weighted by Gasteiger charge is -2.33. The molecule has 1 aliphatic rings. The summed E-state index contributed by atoms with van der Waals surface area (Å²) in [6, 6.07) is 0.937. The zero-order valence-corrected chi connectivity index (χ0v) is 9.78. The Morgan fingerprint density at radius 3 is 2.67 bits per heavy atom. The van der Waals surface area contributed by atoms with E-state index < -0.39 is 0 Å². The third-order valence-electron chi connectivity index (χ3n) is 3.44. The number of aliphatic hydroxyl groups is 2. The van der Waals surface area contributed by atoms with Crippen LogP contribution in [-0.2, 0) is 0 Å². The average Bonchev–Trinajstić information content (AvgIpc) is 2.27. The SMILES string of the molecule is CC(CCCO)NC1CCCCC1CO. The third-order valence-corrected chi connectivity index (χ3v) is 3.44. The van der Waals surface area contributed by atoms with Crippen LogP contribution in [0.25, 0.3) is 0 Å². The highest BCUT2D eigenvalue weighted by Gasteiger charge is 2.24. The van der Waals surface area contributed by atoms with E-state index in [0.29, 0.717) is 24.6 Å². The minimum atomic E-state index is 0.278. The molecule has 0 spiro atoms. The van der Waals surface area contributed by atoms with Crippen molar-refractivity contribution in [2.24, 2.45) is 5.92 Å². The van der Waals surface area contributed by atoms with Gasteiger partial charge in [0, 0.05) is 25.3 Å². The van der Waals surface area contributed by atoms with Crippen molar-refractivity contribution in [3.63, 3.8) is 0 Å². The van der Waals surface area contributed by atoms with Crippen molar-refractivity contribution < 1.29 is 10.2 Å². The van der Waals surface area contributed by atoms with Crippen LogP contribution in [0.3, 0.4) is 0 Å². The molecule has 15 heavy (non-hydrogen) atoms. The summed E-state index contributed by atoms with van der Waals surface area (Å²) in [6.07, 6.45) is 6.76. The molecular formula is C12H25NO2. The summed E-state index contributed by atoms with van der Waals surface area (Å²) in [5.41, 5.74) is 0. The summed E-state index contributed by atoms with van der Waals surface area (Å²) in [5.74, 6) is 0.440. The number of rotatable bonds is 6. The standard InChI is InChI=1S/C12H25NO2/c1-10(5-4-8-14)13-12-7-3-2-6-11(12)9-15/h10-15H,2-9H2,1H3. The van der Waals surface area contributed by atoms with E-state index >= 15 is 0 Å². The molecular weight excluding hydrogens is 190 g/mol. The summed E-state index contributed by atoms with van der Waals surface area (Å²) in [7, 11) is 0. The van der Waals surface area contributed by atoms with Gasteiger partial charge in [-0.15, -0.1) is 0 Å². The molecule has 90 valence electrons. The van der Waals surface area contributed by atoms with Gasteiger partial charge in [0.1, 0.15) is 0 Å². The van der Waals surface area contributed by atoms with Gasteiger partial charge in [-0.3, -0.25) is 0 Å². The number of aliphatic hydroxyl groups excluding tert-OH is 2. The fraction of sp³-hybridized carbons (Fsp3) is 1.00. The number of hydrogen-bond donors (Lipinski definition) is 3. The smallest absolute Gasteiger partial charge is 0.0474 e. The lowest BCUT2D eigenvalue weighted by molar-refractivity contribution is 0.145. The second-order valence-electron chi connectivity index (χ2n) is 4.77. The molecule has 0 bridgehead atoms. The number of hydrogen-bond acceptors (Lipinski definition) is 3. The summed E-state index contributed by atoms with van der Waals surface area (Å²) in [4.78, 5) is 0. The van der Waals surface area contributed by atoms with Crippen LogP contribution in [0.2, 0.25) is 0 Å². The average molecular weight is 215 g/mol. The minimum absolute atomic E-state index is 0.278. The molecule has 3 unspecified atom stereocenters. The molecule has 0 aromatic heterocycles. The maximum atomic E-state index is 9.27. The Morgan fingerprint density at radius 2 is 2.00 bits per heavy atom. The first-order valence-corrected chi connectivity index (χ1v) is 6.25. The van der Waals surface area contributed by atoms with Gasteiger partial charge in [-0.05, 0) is 38.5 Å². The van der Waals surface area contributed by atoms with Crippen LogP contribution in [0.5, 0.6) is 0 Å². The van der Waals surface area contributed by atoms with Gasteiger partial charge in [0.2, 0.25) is 0 Å². The van der Waals surface area contributed by atoms with Crippen molar-refractivity contribution in [1.29, 1.82) is 0 Å². The molecule has 3 heteroatoms. The molecule has 3 nitrogen and oxygen atoms in total. The highest BCUT2D eigenvalue weighted by atomic mass is 16.3. The van der Waals surface area contributed by atoms with Crippen LogP contribution in [0.15, 0.2) is 0 Å². The van der Waals surface area contributed by atoms with Gasteiger partial charge in [0.15, 0.2) is 0 Å². The highest BCUT2D eigenvalue weighted by molar-refractivity contribution is 4.82. The van der Waals surface area contributed by atoms with Crippen molar-refractivity contribution >= 4 is 0 Å². The Kier molecular flexibility index (Phi) is 6.22. The molecule has 0 saturated heterocycles. The lowest BCUT2D eigenvalue weighted by Crippen LogP contribution is -2.44. The van der Waals surface area contributed by atoms with E-state index in [1.165, 1.54) is 19.3 Å². The van der Waals surface area contributed by atoms with Crippen LogP contribution >= 0.6 is 0 Å². The molecule has 0 aliphatic heterocycles. The van der Waals surface area contributed by atoms with E-state index in [1.807, 2.05) is 0 Å². The summed E-state index contributed by atoms with van der Waals surface area (Å²) < 4.78 is 0. The molecule has 0 aromatic carbocycles. The fourth-order valence-corrected chi connectivity index (χ4v) is 2.49. The van der Waals surface area contributed by atoms with E-state index in [-0.39, 0.29) is 6.61 Å². The van der Waals surface area contributed by atoms with Crippen LogP contribution < -0.4 is 5.32 Å². The third kappa shape index (κ3) is 4.49. The van der Waals surface area contributed by atoms with Gasteiger partial charge < -0.3 is 15.5 Å². The normalized spacial score (nSPS) is 29.0. The second-order valence-corrected chi connectivity index (χ2v) is 4.77. The van der Waals surface area contributed by atoms with E-state index in [4.69, 9.17) is 5.11 Å². The summed E-state index contributed by atoms with van der Waals surface area (Å²) >= 11 is 0. The first-order valence-electron chi connectivity index (χ1n) is 6.25. The zero-order valence-electron chi connectivity index (χ0n) is 9.78. The Balaban J connectivity index is 2.27. The molecule has 3 atom stereocenters. The maximum absolute atomic E-state index is 9.27. The Morgan fingerprint density at radius 1 is 1.27 bits per heavy atom. The molecule has 0 amide bonds. The van der Waals surface area contributed by atoms with Crippen molar-refractivity contribution in [2.45, 2.75) is 57.5 Å². The topological polar surface area (TPSA) is 52.5 Å². The molecule has 1 rings (SSSR count). The van der Waals surface area contributed by atoms with Crippen LogP contribution in [-0.4, -0.2) is 35.5 Å². The molecule has 0 heterocycles. The van der Waals surface area contributed by atoms with E-state index in [2.05, 4.69) is 12.2 Å². The van der Waals surface area contributed by atoms with Gasteiger partial charge in [-0.1, -0.05) is 12.8 Å². The molecule has 1 saturated carbocycles. The van der Waals surface area contributed by atoms with Crippen LogP contribution in [0.4, 0.5) is 0 Å². The van der Waals surface area contributed by atoms with Gasteiger partial charge in [-0.25, -0.2) is 0 Å². The van der Waals surface area contributed by atoms with Crippen LogP contribution in [0, 0.1) is 5.92 Å². The Hall–Kier alpha value is -0.120. The van der Waals surface area contributed by atoms with Gasteiger partial charge in [0.25, 0.3) is 0 Å². The molecule has 3 N–H and O–H groups in total. The highest BCUT2D eigenvalue weighted by Crippen LogP contribution is 2.24. The van der Waals surface area contributed by atoms with Crippen molar-refractivity contribution in [3.8, 4) is 0 Å². The van der Waals surface area contributed by atoms with E-state index in [9.17, 15) is 5.11 Å². The number of nitrogens with one attached hydrogen (secondary N) is 1. The molecule has 1 aliphatic carbocycles. The largest absolute Gasteiger partial charge is 0.396 e. The lowest BCUT2D eigenvalue weighted by atomic mass is 9.84. The Bertz CT molecular complexity index is 164. The first kappa shape index (κ1) is 12.9. The first-order chi connectivity index (χ1) is 7.27. The van der Waals surface area contributed by atoms with Gasteiger partial charge in [-0.2, -0.15) is 0 Å². The van der Waals surface area contributed by atoms with Gasteiger partial charge in [0.05, 0.1) is 0 Å². The predicted octanol–water partition coefficient (Wildman–Crippen LogP) is 1.29. The minimum Gasteiger partial charge on any atom is -0.396 e. The maximum Gasteiger partial charge on any atom is 0.0474 e. The second kappa shape index (κ2) is 7.20. The van der Waals surface area contributed by atoms with Gasteiger partial charge >= 0.3 is 0 Å². The quantitative estimate of drug-likeness (QED) is 0.626. The fourth-order valence-electron chi connectivity index (χ4n) is 2.49. The Labute approximate surface area is 92.9 Å². The van der Waals surface area contributed by atoms with Crippen molar-refractivity contribution in [3.05, 3.63) is 0 Å². The van der Waals surface area contributed by atoms with E-state index in [1.54, 1.807) is 0 Å². The molecule has 0 radical (unpaired) electrons. The van der Waals surface area contributed by atoms with Crippen molar-refractivity contribution in [1.82, 2.24) is 5.32 Å². The molecule has 0 aromatic rings. The zero-order chi connectivity index (χ0) is 11.1. The summed E-state index contributed by atoms with van der Waals surface area (Å²) in [5, 5.41) is 21.6. The van der Waals surface area contributed by atoms with Crippen LogP contribution in [0.1, 0.15) is 45.4 Å².